The Balaban J connectivity index is 1.29. The molecular formula is C23H27N3O2. The van der Waals surface area contributed by atoms with Crippen LogP contribution in [0.15, 0.2) is 42.6 Å². The molecule has 2 aromatic rings. The second-order valence-electron chi connectivity index (χ2n) is 8.02. The van der Waals surface area contributed by atoms with Crippen LogP contribution in [0.2, 0.25) is 0 Å². The van der Waals surface area contributed by atoms with Gasteiger partial charge in [0.05, 0.1) is 5.56 Å². The third kappa shape index (κ3) is 4.41. The number of carbonyl (C=O) groups excluding carboxylic acids is 2. The third-order valence-corrected chi connectivity index (χ3v) is 5.79. The van der Waals surface area contributed by atoms with E-state index in [1.807, 2.05) is 36.1 Å². The van der Waals surface area contributed by atoms with E-state index in [1.165, 1.54) is 5.56 Å². The molecule has 4 rings (SSSR count). The van der Waals surface area contributed by atoms with Crippen LogP contribution in [0, 0.1) is 12.8 Å². The van der Waals surface area contributed by atoms with E-state index in [2.05, 4.69) is 22.4 Å². The zero-order chi connectivity index (χ0) is 19.5. The number of aryl methyl sites for hydroxylation is 1. The lowest BCUT2D eigenvalue weighted by Crippen LogP contribution is -2.39. The summed E-state index contributed by atoms with van der Waals surface area (Å²) in [5.74, 6) is 0.701. The Morgan fingerprint density at radius 2 is 1.79 bits per heavy atom. The van der Waals surface area contributed by atoms with Crippen LogP contribution < -0.4 is 5.32 Å². The van der Waals surface area contributed by atoms with Gasteiger partial charge in [-0.05, 0) is 74.8 Å². The largest absolute Gasteiger partial charge is 0.349 e. The van der Waals surface area contributed by atoms with Gasteiger partial charge >= 0.3 is 0 Å². The minimum atomic E-state index is 0.0339. The molecule has 0 spiro atoms. The minimum absolute atomic E-state index is 0.0339. The highest BCUT2D eigenvalue weighted by Crippen LogP contribution is 2.24. The number of pyridine rings is 1. The topological polar surface area (TPSA) is 62.3 Å². The first-order valence-corrected chi connectivity index (χ1v) is 10.2. The summed E-state index contributed by atoms with van der Waals surface area (Å²) in [6, 6.07) is 12.1. The number of rotatable bonds is 5. The molecule has 2 fully saturated rings. The van der Waals surface area contributed by atoms with Crippen LogP contribution in [-0.4, -0.2) is 40.8 Å². The average Bonchev–Trinajstić information content (AvgIpc) is 3.53. The molecule has 1 aliphatic heterocycles. The monoisotopic (exact) mass is 377 g/mol. The molecule has 2 aliphatic rings. The fraction of sp³-hybridized carbons (Fsp3) is 0.435. The fourth-order valence-corrected chi connectivity index (χ4v) is 3.84. The summed E-state index contributed by atoms with van der Waals surface area (Å²) in [6.07, 6.45) is 6.94. The number of hydrogen-bond donors (Lipinski definition) is 1. The number of piperidine rings is 1. The Morgan fingerprint density at radius 3 is 2.43 bits per heavy atom. The van der Waals surface area contributed by atoms with Gasteiger partial charge in [0.15, 0.2) is 0 Å². The second kappa shape index (κ2) is 8.13. The van der Waals surface area contributed by atoms with Crippen molar-refractivity contribution in [1.82, 2.24) is 15.2 Å². The lowest BCUT2D eigenvalue weighted by Gasteiger charge is -2.32. The van der Waals surface area contributed by atoms with Gasteiger partial charge in [0.25, 0.3) is 11.8 Å². The highest BCUT2D eigenvalue weighted by molar-refractivity contribution is 5.95. The predicted molar refractivity (Wildman–Crippen MR) is 108 cm³/mol. The highest BCUT2D eigenvalue weighted by atomic mass is 16.2. The Labute approximate surface area is 166 Å². The second-order valence-corrected chi connectivity index (χ2v) is 8.02. The van der Waals surface area contributed by atoms with E-state index in [0.29, 0.717) is 17.5 Å². The molecule has 1 aliphatic carbocycles. The van der Waals surface area contributed by atoms with Crippen LogP contribution in [0.1, 0.15) is 57.7 Å². The van der Waals surface area contributed by atoms with Crippen LogP contribution in [-0.2, 0) is 6.42 Å². The minimum Gasteiger partial charge on any atom is -0.349 e. The first-order valence-electron chi connectivity index (χ1n) is 10.2. The van der Waals surface area contributed by atoms with Gasteiger partial charge in [0, 0.05) is 36.6 Å². The highest BCUT2D eigenvalue weighted by Gasteiger charge is 2.25. The van der Waals surface area contributed by atoms with E-state index in [9.17, 15) is 9.59 Å². The number of likely N-dealkylation sites (tertiary alicyclic amines) is 1. The summed E-state index contributed by atoms with van der Waals surface area (Å²) in [5.41, 5.74) is 3.50. The summed E-state index contributed by atoms with van der Waals surface area (Å²) in [5, 5.41) is 3.02. The molecule has 0 atom stereocenters. The number of hydrogen-bond acceptors (Lipinski definition) is 3. The van der Waals surface area contributed by atoms with Gasteiger partial charge in [-0.25, -0.2) is 0 Å². The van der Waals surface area contributed by atoms with Crippen molar-refractivity contribution in [3.05, 3.63) is 65.0 Å². The first-order chi connectivity index (χ1) is 13.6. The molecule has 1 saturated carbocycles. The molecule has 0 radical (unpaired) electrons. The maximum absolute atomic E-state index is 12.7. The van der Waals surface area contributed by atoms with Crippen LogP contribution in [0.5, 0.6) is 0 Å². The first kappa shape index (κ1) is 18.7. The number of benzene rings is 1. The molecule has 5 nitrogen and oxygen atoms in total. The zero-order valence-corrected chi connectivity index (χ0v) is 16.4. The maximum atomic E-state index is 12.7. The van der Waals surface area contributed by atoms with Crippen molar-refractivity contribution in [3.8, 4) is 0 Å². The van der Waals surface area contributed by atoms with E-state index in [4.69, 9.17) is 0 Å². The average molecular weight is 377 g/mol. The zero-order valence-electron chi connectivity index (χ0n) is 16.4. The quantitative estimate of drug-likeness (QED) is 0.869. The molecule has 2 heterocycles. The van der Waals surface area contributed by atoms with Gasteiger partial charge in [-0.15, -0.1) is 0 Å². The van der Waals surface area contributed by atoms with E-state index < -0.39 is 0 Å². The van der Waals surface area contributed by atoms with Gasteiger partial charge in [-0.1, -0.05) is 12.1 Å². The molecule has 1 saturated heterocycles. The summed E-state index contributed by atoms with van der Waals surface area (Å²) >= 11 is 0. The molecule has 1 N–H and O–H groups in total. The summed E-state index contributed by atoms with van der Waals surface area (Å²) in [6.45, 7) is 3.47. The van der Waals surface area contributed by atoms with Gasteiger partial charge in [-0.3, -0.25) is 14.6 Å². The Kier molecular flexibility index (Phi) is 5.42. The smallest absolute Gasteiger partial charge is 0.255 e. The molecular weight excluding hydrogens is 350 g/mol. The van der Waals surface area contributed by atoms with Crippen LogP contribution in [0.25, 0.3) is 0 Å². The van der Waals surface area contributed by atoms with Crippen LogP contribution in [0.4, 0.5) is 0 Å². The van der Waals surface area contributed by atoms with E-state index >= 15 is 0 Å². The molecule has 146 valence electrons. The van der Waals surface area contributed by atoms with Crippen LogP contribution in [0.3, 0.4) is 0 Å². The van der Waals surface area contributed by atoms with Gasteiger partial charge < -0.3 is 10.2 Å². The third-order valence-electron chi connectivity index (χ3n) is 5.79. The Morgan fingerprint density at radius 1 is 1.07 bits per heavy atom. The molecule has 0 bridgehead atoms. The number of amides is 2. The number of aromatic nitrogens is 1. The maximum Gasteiger partial charge on any atom is 0.255 e. The molecule has 1 aromatic carbocycles. The summed E-state index contributed by atoms with van der Waals surface area (Å²) < 4.78 is 0. The molecule has 28 heavy (non-hydrogen) atoms. The predicted octanol–water partition coefficient (Wildman–Crippen LogP) is 3.38. The Bertz CT molecular complexity index is 850. The van der Waals surface area contributed by atoms with Crippen molar-refractivity contribution in [1.29, 1.82) is 0 Å². The normalized spacial score (nSPS) is 17.4. The number of nitrogens with one attached hydrogen (secondary N) is 1. The van der Waals surface area contributed by atoms with Gasteiger partial charge in [0.1, 0.15) is 0 Å². The van der Waals surface area contributed by atoms with E-state index in [0.717, 1.165) is 56.5 Å². The lowest BCUT2D eigenvalue weighted by atomic mass is 9.89. The molecule has 5 heteroatoms. The van der Waals surface area contributed by atoms with Crippen molar-refractivity contribution in [2.24, 2.45) is 5.92 Å². The van der Waals surface area contributed by atoms with Crippen molar-refractivity contribution in [3.63, 3.8) is 0 Å². The van der Waals surface area contributed by atoms with Gasteiger partial charge in [-0.2, -0.15) is 0 Å². The fourth-order valence-electron chi connectivity index (χ4n) is 3.84. The molecule has 0 unspecified atom stereocenters. The number of carbonyl (C=O) groups is 2. The van der Waals surface area contributed by atoms with E-state index in [-0.39, 0.29) is 11.8 Å². The number of nitrogens with zero attached hydrogens (tertiary/aromatic N) is 2. The van der Waals surface area contributed by atoms with Crippen molar-refractivity contribution in [2.75, 3.05) is 13.1 Å². The summed E-state index contributed by atoms with van der Waals surface area (Å²) in [7, 11) is 0. The van der Waals surface area contributed by atoms with Gasteiger partial charge in [0.2, 0.25) is 0 Å². The van der Waals surface area contributed by atoms with Crippen molar-refractivity contribution >= 4 is 11.8 Å². The standard InChI is InChI=1S/C23H27N3O2/c1-16-21(3-2-12-24-16)23(28)26-13-10-18(11-14-26)15-17-4-6-19(7-5-17)22(27)25-20-8-9-20/h2-7,12,18,20H,8-11,13-15H2,1H3,(H,25,27). The van der Waals surface area contributed by atoms with E-state index in [1.54, 1.807) is 6.20 Å². The van der Waals surface area contributed by atoms with Crippen molar-refractivity contribution < 1.29 is 9.59 Å². The molecule has 2 amide bonds. The SMILES string of the molecule is Cc1ncccc1C(=O)N1CCC(Cc2ccc(C(=O)NC3CC3)cc2)CC1. The summed E-state index contributed by atoms with van der Waals surface area (Å²) in [4.78, 5) is 31.0. The molecule has 1 aromatic heterocycles. The van der Waals surface area contributed by atoms with Crippen LogP contribution >= 0.6 is 0 Å². The van der Waals surface area contributed by atoms with Crippen molar-refractivity contribution in [2.45, 2.75) is 45.1 Å². The lowest BCUT2D eigenvalue weighted by molar-refractivity contribution is 0.0689. The Hall–Kier alpha value is -2.69.